The molecule has 0 bridgehead atoms. The molecule has 4 nitrogen and oxygen atoms in total. The van der Waals surface area contributed by atoms with Crippen LogP contribution in [-0.4, -0.2) is 28.3 Å². The van der Waals surface area contributed by atoms with Gasteiger partial charge in [-0.1, -0.05) is 36.4 Å². The molecule has 0 spiro atoms. The van der Waals surface area contributed by atoms with Gasteiger partial charge in [0.15, 0.2) is 0 Å². The molecule has 0 fully saturated rings. The number of aromatic amines is 1. The molecule has 0 aliphatic heterocycles. The Labute approximate surface area is 147 Å². The highest BCUT2D eigenvalue weighted by Gasteiger charge is 2.13. The number of hydrogen-bond donors (Lipinski definition) is 1. The first-order valence-corrected chi connectivity index (χ1v) is 8.81. The van der Waals surface area contributed by atoms with Crippen LogP contribution in [0, 0.1) is 6.92 Å². The van der Waals surface area contributed by atoms with Crippen LogP contribution >= 0.6 is 0 Å². The fourth-order valence-electron chi connectivity index (χ4n) is 3.45. The Hall–Kier alpha value is -2.88. The summed E-state index contributed by atoms with van der Waals surface area (Å²) in [5.41, 5.74) is 6.28. The molecule has 2 heterocycles. The molecule has 1 N–H and O–H groups in total. The molecular weight excluding hydrogens is 308 g/mol. The van der Waals surface area contributed by atoms with Crippen molar-refractivity contribution < 1.29 is 0 Å². The highest BCUT2D eigenvalue weighted by Crippen LogP contribution is 2.33. The molecule has 0 amide bonds. The van der Waals surface area contributed by atoms with Crippen molar-refractivity contribution in [1.82, 2.24) is 15.2 Å². The first-order chi connectivity index (χ1) is 12.2. The summed E-state index contributed by atoms with van der Waals surface area (Å²) in [5, 5.41) is 9.79. The van der Waals surface area contributed by atoms with Gasteiger partial charge in [0.1, 0.15) is 11.0 Å². The van der Waals surface area contributed by atoms with E-state index >= 15 is 0 Å². The Balaban J connectivity index is 1.92. The normalized spacial score (nSPS) is 11.3. The maximum absolute atomic E-state index is 4.94. The summed E-state index contributed by atoms with van der Waals surface area (Å²) >= 11 is 0. The Morgan fingerprint density at radius 2 is 1.56 bits per heavy atom. The SMILES string of the molecule is CCN(CC)c1ccc(-c2nc3c(C)[nH]nc3c3ccccc23)cc1. The fraction of sp³-hybridized carbons (Fsp3) is 0.238. The molecule has 4 rings (SSSR count). The Kier molecular flexibility index (Phi) is 3.88. The van der Waals surface area contributed by atoms with Crippen LogP contribution in [-0.2, 0) is 0 Å². The summed E-state index contributed by atoms with van der Waals surface area (Å²) in [4.78, 5) is 7.29. The number of fused-ring (bicyclic) bond motifs is 3. The van der Waals surface area contributed by atoms with Crippen LogP contribution in [0.1, 0.15) is 19.5 Å². The molecule has 0 aliphatic carbocycles. The lowest BCUT2D eigenvalue weighted by atomic mass is 10.0. The smallest absolute Gasteiger partial charge is 0.119 e. The third kappa shape index (κ3) is 2.54. The molecule has 0 saturated heterocycles. The monoisotopic (exact) mass is 330 g/mol. The highest BCUT2D eigenvalue weighted by atomic mass is 15.1. The number of anilines is 1. The van der Waals surface area contributed by atoms with Crippen molar-refractivity contribution in [2.75, 3.05) is 18.0 Å². The summed E-state index contributed by atoms with van der Waals surface area (Å²) in [6, 6.07) is 17.1. The van der Waals surface area contributed by atoms with Gasteiger partial charge in [0.25, 0.3) is 0 Å². The second kappa shape index (κ2) is 6.20. The third-order valence-corrected chi connectivity index (χ3v) is 4.85. The lowest BCUT2D eigenvalue weighted by molar-refractivity contribution is 0.866. The number of aryl methyl sites for hydroxylation is 1. The van der Waals surface area contributed by atoms with Crippen molar-refractivity contribution in [2.45, 2.75) is 20.8 Å². The number of nitrogens with one attached hydrogen (secondary N) is 1. The lowest BCUT2D eigenvalue weighted by Gasteiger charge is -2.21. The molecule has 0 saturated carbocycles. The van der Waals surface area contributed by atoms with Crippen LogP contribution in [0.15, 0.2) is 48.5 Å². The fourth-order valence-corrected chi connectivity index (χ4v) is 3.45. The zero-order valence-electron chi connectivity index (χ0n) is 14.9. The van der Waals surface area contributed by atoms with Gasteiger partial charge in [-0.25, -0.2) is 4.98 Å². The summed E-state index contributed by atoms with van der Waals surface area (Å²) in [5.74, 6) is 0. The summed E-state index contributed by atoms with van der Waals surface area (Å²) < 4.78 is 0. The van der Waals surface area contributed by atoms with Crippen LogP contribution in [0.25, 0.3) is 33.1 Å². The van der Waals surface area contributed by atoms with Crippen LogP contribution < -0.4 is 4.90 Å². The highest BCUT2D eigenvalue weighted by molar-refractivity contribution is 6.09. The Morgan fingerprint density at radius 1 is 0.880 bits per heavy atom. The summed E-state index contributed by atoms with van der Waals surface area (Å²) in [7, 11) is 0. The molecule has 2 aromatic carbocycles. The molecule has 2 aromatic heterocycles. The van der Waals surface area contributed by atoms with E-state index in [0.29, 0.717) is 0 Å². The summed E-state index contributed by atoms with van der Waals surface area (Å²) in [6.45, 7) is 8.41. The zero-order valence-corrected chi connectivity index (χ0v) is 14.9. The number of benzene rings is 2. The number of rotatable bonds is 4. The van der Waals surface area contributed by atoms with E-state index in [0.717, 1.165) is 51.8 Å². The van der Waals surface area contributed by atoms with Gasteiger partial charge in [-0.3, -0.25) is 5.10 Å². The van der Waals surface area contributed by atoms with Crippen molar-refractivity contribution in [3.8, 4) is 11.3 Å². The zero-order chi connectivity index (χ0) is 17.4. The summed E-state index contributed by atoms with van der Waals surface area (Å²) in [6.07, 6.45) is 0. The van der Waals surface area contributed by atoms with E-state index in [-0.39, 0.29) is 0 Å². The topological polar surface area (TPSA) is 44.8 Å². The van der Waals surface area contributed by atoms with Gasteiger partial charge >= 0.3 is 0 Å². The van der Waals surface area contributed by atoms with Gasteiger partial charge in [0, 0.05) is 35.1 Å². The minimum Gasteiger partial charge on any atom is -0.372 e. The van der Waals surface area contributed by atoms with E-state index in [1.165, 1.54) is 5.69 Å². The van der Waals surface area contributed by atoms with Crippen molar-refractivity contribution in [3.63, 3.8) is 0 Å². The van der Waals surface area contributed by atoms with Crippen molar-refractivity contribution in [2.24, 2.45) is 0 Å². The van der Waals surface area contributed by atoms with Crippen LogP contribution in [0.3, 0.4) is 0 Å². The van der Waals surface area contributed by atoms with Crippen molar-refractivity contribution in [1.29, 1.82) is 0 Å². The molecule has 0 unspecified atom stereocenters. The van der Waals surface area contributed by atoms with Gasteiger partial charge in [0.2, 0.25) is 0 Å². The van der Waals surface area contributed by atoms with Crippen molar-refractivity contribution in [3.05, 3.63) is 54.2 Å². The Morgan fingerprint density at radius 3 is 2.24 bits per heavy atom. The number of H-pyrrole nitrogens is 1. The second-order valence-corrected chi connectivity index (χ2v) is 6.27. The first kappa shape index (κ1) is 15.6. The molecule has 126 valence electrons. The maximum atomic E-state index is 4.94. The number of pyridine rings is 1. The average molecular weight is 330 g/mol. The van der Waals surface area contributed by atoms with E-state index in [1.807, 2.05) is 6.92 Å². The molecule has 25 heavy (non-hydrogen) atoms. The number of nitrogens with zero attached hydrogens (tertiary/aromatic N) is 3. The van der Waals surface area contributed by atoms with E-state index in [2.05, 4.69) is 77.5 Å². The average Bonchev–Trinajstić information content (AvgIpc) is 3.04. The van der Waals surface area contributed by atoms with Crippen molar-refractivity contribution >= 4 is 27.5 Å². The molecular formula is C21H22N4. The molecule has 0 aliphatic rings. The van der Waals surface area contributed by atoms with Gasteiger partial charge in [-0.15, -0.1) is 0 Å². The standard InChI is InChI=1S/C21H22N4/c1-4-25(5-2)16-12-10-15(11-13-16)20-17-8-6-7-9-18(17)21-19(22-20)14(3)23-24-21/h6-13H,4-5H2,1-3H3,(H,23,24). The quantitative estimate of drug-likeness (QED) is 0.577. The predicted molar refractivity (Wildman–Crippen MR) is 105 cm³/mol. The lowest BCUT2D eigenvalue weighted by Crippen LogP contribution is -2.21. The van der Waals surface area contributed by atoms with Crippen LogP contribution in [0.5, 0.6) is 0 Å². The minimum atomic E-state index is 0.941. The molecule has 4 aromatic rings. The van der Waals surface area contributed by atoms with Crippen LogP contribution in [0.4, 0.5) is 5.69 Å². The Bertz CT molecular complexity index is 1030. The maximum Gasteiger partial charge on any atom is 0.119 e. The number of aromatic nitrogens is 3. The second-order valence-electron chi connectivity index (χ2n) is 6.27. The van der Waals surface area contributed by atoms with E-state index in [1.54, 1.807) is 0 Å². The predicted octanol–water partition coefficient (Wildman–Crippen LogP) is 4.93. The number of hydrogen-bond acceptors (Lipinski definition) is 3. The molecule has 0 atom stereocenters. The van der Waals surface area contributed by atoms with E-state index in [9.17, 15) is 0 Å². The minimum absolute atomic E-state index is 0.941. The van der Waals surface area contributed by atoms with Gasteiger partial charge in [-0.05, 0) is 32.9 Å². The molecule has 0 radical (unpaired) electrons. The van der Waals surface area contributed by atoms with E-state index in [4.69, 9.17) is 4.98 Å². The van der Waals surface area contributed by atoms with Gasteiger partial charge in [-0.2, -0.15) is 5.10 Å². The van der Waals surface area contributed by atoms with Gasteiger partial charge < -0.3 is 4.90 Å². The molecule has 4 heteroatoms. The van der Waals surface area contributed by atoms with E-state index < -0.39 is 0 Å². The largest absolute Gasteiger partial charge is 0.372 e. The first-order valence-electron chi connectivity index (χ1n) is 8.81. The third-order valence-electron chi connectivity index (χ3n) is 4.85. The van der Waals surface area contributed by atoms with Crippen LogP contribution in [0.2, 0.25) is 0 Å². The van der Waals surface area contributed by atoms with Gasteiger partial charge in [0.05, 0.1) is 11.4 Å².